The molecule has 21 heavy (non-hydrogen) atoms. The van der Waals surface area contributed by atoms with Gasteiger partial charge in [-0.05, 0) is 25.6 Å². The number of rotatable bonds is 6. The summed E-state index contributed by atoms with van der Waals surface area (Å²) in [5.74, 6) is 1.35. The molecule has 0 saturated carbocycles. The molecule has 1 fully saturated rings. The van der Waals surface area contributed by atoms with Gasteiger partial charge in [-0.3, -0.25) is 4.79 Å². The van der Waals surface area contributed by atoms with E-state index in [-0.39, 0.29) is 12.5 Å². The summed E-state index contributed by atoms with van der Waals surface area (Å²) in [6.45, 7) is 9.20. The highest BCUT2D eigenvalue weighted by Gasteiger charge is 2.20. The summed E-state index contributed by atoms with van der Waals surface area (Å²) in [5, 5.41) is 0. The van der Waals surface area contributed by atoms with Crippen molar-refractivity contribution in [1.29, 1.82) is 0 Å². The van der Waals surface area contributed by atoms with Crippen LogP contribution in [0.25, 0.3) is 0 Å². The maximum atomic E-state index is 12.2. The third kappa shape index (κ3) is 4.36. The molecule has 0 aliphatic carbocycles. The molecular formula is C16H24N2O3. The van der Waals surface area contributed by atoms with Crippen LogP contribution in [0.15, 0.2) is 24.3 Å². The highest BCUT2D eigenvalue weighted by atomic mass is 16.5. The summed E-state index contributed by atoms with van der Waals surface area (Å²) in [6.07, 6.45) is 0. The minimum atomic E-state index is 0.0389. The van der Waals surface area contributed by atoms with Gasteiger partial charge in [0.05, 0.1) is 6.61 Å². The maximum Gasteiger partial charge on any atom is 0.260 e. The van der Waals surface area contributed by atoms with Crippen LogP contribution in [0.5, 0.6) is 11.5 Å². The number of hydrogen-bond acceptors (Lipinski definition) is 4. The Hall–Kier alpha value is -1.75. The van der Waals surface area contributed by atoms with Crippen molar-refractivity contribution in [1.82, 2.24) is 9.80 Å². The molecule has 1 aromatic rings. The number of amides is 1. The second kappa shape index (κ2) is 7.88. The number of likely N-dealkylation sites (N-methyl/N-ethyl adjacent to an activating group) is 1. The first-order valence-electron chi connectivity index (χ1n) is 7.59. The molecule has 0 aromatic heterocycles. The Morgan fingerprint density at radius 1 is 1.05 bits per heavy atom. The van der Waals surface area contributed by atoms with Crippen molar-refractivity contribution in [3.05, 3.63) is 24.3 Å². The molecule has 0 spiro atoms. The Bertz CT molecular complexity index is 457. The lowest BCUT2D eigenvalue weighted by Gasteiger charge is -2.34. The standard InChI is InChI=1S/C16H24N2O3/c1-3-17-9-11-18(12-10-17)16(19)13-21-15-8-6-5-7-14(15)20-4-2/h5-8H,3-4,9-13H2,1-2H3. The van der Waals surface area contributed by atoms with Crippen LogP contribution in [0.3, 0.4) is 0 Å². The van der Waals surface area contributed by atoms with Gasteiger partial charge in [0.2, 0.25) is 0 Å². The molecule has 0 atom stereocenters. The van der Waals surface area contributed by atoms with Crippen LogP contribution in [0.2, 0.25) is 0 Å². The Balaban J connectivity index is 1.84. The third-order valence-electron chi connectivity index (χ3n) is 3.67. The van der Waals surface area contributed by atoms with Crippen LogP contribution in [-0.4, -0.2) is 61.6 Å². The number of ether oxygens (including phenoxy) is 2. The van der Waals surface area contributed by atoms with Gasteiger partial charge in [0.15, 0.2) is 18.1 Å². The lowest BCUT2D eigenvalue weighted by atomic mass is 10.3. The van der Waals surface area contributed by atoms with Gasteiger partial charge in [-0.1, -0.05) is 19.1 Å². The zero-order chi connectivity index (χ0) is 15.1. The third-order valence-corrected chi connectivity index (χ3v) is 3.67. The van der Waals surface area contributed by atoms with Gasteiger partial charge < -0.3 is 19.3 Å². The summed E-state index contributed by atoms with van der Waals surface area (Å²) in [7, 11) is 0. The molecule has 0 unspecified atom stereocenters. The van der Waals surface area contributed by atoms with E-state index in [1.54, 1.807) is 0 Å². The fourth-order valence-electron chi connectivity index (χ4n) is 2.39. The summed E-state index contributed by atoms with van der Waals surface area (Å²) in [6, 6.07) is 7.45. The molecule has 116 valence electrons. The molecule has 1 aliphatic rings. The smallest absolute Gasteiger partial charge is 0.260 e. The predicted octanol–water partition coefficient (Wildman–Crippen LogP) is 1.63. The minimum Gasteiger partial charge on any atom is -0.490 e. The van der Waals surface area contributed by atoms with Crippen molar-refractivity contribution in [2.24, 2.45) is 0 Å². The van der Waals surface area contributed by atoms with E-state index in [2.05, 4.69) is 11.8 Å². The van der Waals surface area contributed by atoms with E-state index in [0.29, 0.717) is 18.1 Å². The van der Waals surface area contributed by atoms with E-state index in [0.717, 1.165) is 32.7 Å². The van der Waals surface area contributed by atoms with Crippen molar-refractivity contribution in [3.63, 3.8) is 0 Å². The number of piperazine rings is 1. The molecule has 0 N–H and O–H groups in total. The Labute approximate surface area is 126 Å². The first kappa shape index (κ1) is 15.6. The molecule has 0 bridgehead atoms. The molecule has 5 nitrogen and oxygen atoms in total. The lowest BCUT2D eigenvalue weighted by molar-refractivity contribution is -0.135. The van der Waals surface area contributed by atoms with Crippen LogP contribution in [0.4, 0.5) is 0 Å². The molecule has 1 saturated heterocycles. The lowest BCUT2D eigenvalue weighted by Crippen LogP contribution is -2.49. The molecular weight excluding hydrogens is 268 g/mol. The van der Waals surface area contributed by atoms with E-state index in [4.69, 9.17) is 9.47 Å². The molecule has 2 rings (SSSR count). The topological polar surface area (TPSA) is 42.0 Å². The first-order valence-corrected chi connectivity index (χ1v) is 7.59. The van der Waals surface area contributed by atoms with Gasteiger partial charge in [-0.2, -0.15) is 0 Å². The Kier molecular flexibility index (Phi) is 5.87. The number of hydrogen-bond donors (Lipinski definition) is 0. The van der Waals surface area contributed by atoms with E-state index < -0.39 is 0 Å². The second-order valence-electron chi connectivity index (χ2n) is 4.98. The quantitative estimate of drug-likeness (QED) is 0.799. The van der Waals surface area contributed by atoms with Gasteiger partial charge in [0.1, 0.15) is 0 Å². The molecule has 5 heteroatoms. The van der Waals surface area contributed by atoms with Crippen molar-refractivity contribution < 1.29 is 14.3 Å². The highest BCUT2D eigenvalue weighted by Crippen LogP contribution is 2.26. The van der Waals surface area contributed by atoms with Gasteiger partial charge in [0, 0.05) is 26.2 Å². The fraction of sp³-hybridized carbons (Fsp3) is 0.562. The number of benzene rings is 1. The fourth-order valence-corrected chi connectivity index (χ4v) is 2.39. The summed E-state index contributed by atoms with van der Waals surface area (Å²) in [4.78, 5) is 16.4. The monoisotopic (exact) mass is 292 g/mol. The Morgan fingerprint density at radius 3 is 2.24 bits per heavy atom. The van der Waals surface area contributed by atoms with Crippen molar-refractivity contribution >= 4 is 5.91 Å². The average Bonchev–Trinajstić information content (AvgIpc) is 2.54. The second-order valence-corrected chi connectivity index (χ2v) is 4.98. The van der Waals surface area contributed by atoms with Crippen LogP contribution >= 0.6 is 0 Å². The maximum absolute atomic E-state index is 12.2. The van der Waals surface area contributed by atoms with Gasteiger partial charge in [-0.15, -0.1) is 0 Å². The van der Waals surface area contributed by atoms with Crippen LogP contribution < -0.4 is 9.47 Å². The molecule has 1 amide bonds. The van der Waals surface area contributed by atoms with Crippen LogP contribution in [0, 0.1) is 0 Å². The molecule has 1 heterocycles. The van der Waals surface area contributed by atoms with Crippen LogP contribution in [0.1, 0.15) is 13.8 Å². The van der Waals surface area contributed by atoms with Crippen molar-refractivity contribution in [2.75, 3.05) is 45.9 Å². The van der Waals surface area contributed by atoms with E-state index in [1.165, 1.54) is 0 Å². The number of para-hydroxylation sites is 2. The molecule has 0 radical (unpaired) electrons. The number of carbonyl (C=O) groups is 1. The van der Waals surface area contributed by atoms with Crippen LogP contribution in [-0.2, 0) is 4.79 Å². The van der Waals surface area contributed by atoms with E-state index in [1.807, 2.05) is 36.1 Å². The van der Waals surface area contributed by atoms with Gasteiger partial charge in [0.25, 0.3) is 5.91 Å². The van der Waals surface area contributed by atoms with E-state index in [9.17, 15) is 4.79 Å². The van der Waals surface area contributed by atoms with Crippen molar-refractivity contribution in [3.8, 4) is 11.5 Å². The van der Waals surface area contributed by atoms with E-state index >= 15 is 0 Å². The Morgan fingerprint density at radius 2 is 1.67 bits per heavy atom. The summed E-state index contributed by atoms with van der Waals surface area (Å²) < 4.78 is 11.1. The zero-order valence-electron chi connectivity index (χ0n) is 12.9. The largest absolute Gasteiger partial charge is 0.490 e. The van der Waals surface area contributed by atoms with Gasteiger partial charge >= 0.3 is 0 Å². The zero-order valence-corrected chi connectivity index (χ0v) is 12.9. The molecule has 1 aliphatic heterocycles. The normalized spacial score (nSPS) is 15.8. The van der Waals surface area contributed by atoms with Crippen molar-refractivity contribution in [2.45, 2.75) is 13.8 Å². The first-order chi connectivity index (χ1) is 10.2. The predicted molar refractivity (Wildman–Crippen MR) is 81.8 cm³/mol. The highest BCUT2D eigenvalue weighted by molar-refractivity contribution is 5.78. The number of nitrogens with zero attached hydrogens (tertiary/aromatic N) is 2. The van der Waals surface area contributed by atoms with Gasteiger partial charge in [-0.25, -0.2) is 0 Å². The molecule has 1 aromatic carbocycles. The SMILES string of the molecule is CCOc1ccccc1OCC(=O)N1CCN(CC)CC1. The minimum absolute atomic E-state index is 0.0389. The average molecular weight is 292 g/mol. The summed E-state index contributed by atoms with van der Waals surface area (Å²) >= 11 is 0. The number of carbonyl (C=O) groups excluding carboxylic acids is 1. The summed E-state index contributed by atoms with van der Waals surface area (Å²) in [5.41, 5.74) is 0.